The number of benzene rings is 1. The molecule has 1 aromatic carbocycles. The molecule has 1 fully saturated rings. The molecule has 1 saturated carbocycles. The summed E-state index contributed by atoms with van der Waals surface area (Å²) in [5.74, 6) is -1.83. The van der Waals surface area contributed by atoms with Crippen LogP contribution in [0.15, 0.2) is 39.8 Å². The topological polar surface area (TPSA) is 93.4 Å². The zero-order valence-electron chi connectivity index (χ0n) is 13.8. The van der Waals surface area contributed by atoms with Crippen LogP contribution in [0.25, 0.3) is 0 Å². The van der Waals surface area contributed by atoms with Crippen LogP contribution >= 0.6 is 0 Å². The maximum atomic E-state index is 16.2. The molecule has 0 saturated heterocycles. The first-order valence-electron chi connectivity index (χ1n) is 7.78. The maximum Gasteiger partial charge on any atom is 0.295 e. The Kier molecular flexibility index (Phi) is 4.36. The second kappa shape index (κ2) is 6.21. The molecule has 1 aromatic heterocycles. The van der Waals surface area contributed by atoms with Crippen molar-refractivity contribution in [2.24, 2.45) is 5.92 Å². The van der Waals surface area contributed by atoms with Crippen molar-refractivity contribution >= 4 is 21.6 Å². The highest BCUT2D eigenvalue weighted by Crippen LogP contribution is 2.48. The van der Waals surface area contributed by atoms with Gasteiger partial charge in [-0.05, 0) is 23.7 Å². The van der Waals surface area contributed by atoms with Gasteiger partial charge in [0.1, 0.15) is 5.78 Å². The van der Waals surface area contributed by atoms with Gasteiger partial charge in [-0.15, -0.1) is 0 Å². The highest BCUT2D eigenvalue weighted by molar-refractivity contribution is 7.92. The summed E-state index contributed by atoms with van der Waals surface area (Å²) >= 11 is 0. The second-order valence-electron chi connectivity index (χ2n) is 6.23. The van der Waals surface area contributed by atoms with Crippen LogP contribution in [0.3, 0.4) is 0 Å². The summed E-state index contributed by atoms with van der Waals surface area (Å²) < 4.78 is 47.4. The SMILES string of the molecule is CN(C)c1noc(C(F)(C2CCC(=O)C2)S(=O)(=O)c2ccccc2)n1. The van der Waals surface area contributed by atoms with Crippen LogP contribution in [-0.2, 0) is 19.6 Å². The van der Waals surface area contributed by atoms with E-state index in [1.54, 1.807) is 20.2 Å². The lowest BCUT2D eigenvalue weighted by molar-refractivity contribution is -0.117. The third-order valence-electron chi connectivity index (χ3n) is 4.32. The zero-order chi connectivity index (χ0) is 18.2. The van der Waals surface area contributed by atoms with E-state index in [-0.39, 0.29) is 35.9 Å². The molecule has 7 nitrogen and oxygen atoms in total. The summed E-state index contributed by atoms with van der Waals surface area (Å²) in [5, 5.41) is 0.673. The average Bonchev–Trinajstić information content (AvgIpc) is 3.24. The van der Waals surface area contributed by atoms with Gasteiger partial charge in [-0.3, -0.25) is 4.79 Å². The van der Waals surface area contributed by atoms with Gasteiger partial charge in [0.25, 0.3) is 16.8 Å². The fraction of sp³-hybridized carbons (Fsp3) is 0.438. The predicted molar refractivity (Wildman–Crippen MR) is 87.4 cm³/mol. The number of nitrogens with zero attached hydrogens (tertiary/aromatic N) is 3. The summed E-state index contributed by atoms with van der Waals surface area (Å²) in [6.07, 6.45) is 0.0681. The van der Waals surface area contributed by atoms with Crippen molar-refractivity contribution in [1.82, 2.24) is 10.1 Å². The second-order valence-corrected chi connectivity index (χ2v) is 8.31. The average molecular weight is 367 g/mol. The van der Waals surface area contributed by atoms with Crippen molar-refractivity contribution in [3.63, 3.8) is 0 Å². The molecule has 134 valence electrons. The van der Waals surface area contributed by atoms with E-state index < -0.39 is 26.6 Å². The molecule has 0 radical (unpaired) electrons. The van der Waals surface area contributed by atoms with E-state index in [1.165, 1.54) is 29.2 Å². The standard InChI is InChI=1S/C16H18FN3O4S/c1-20(2)15-18-14(24-19-15)16(17,11-8-9-12(21)10-11)25(22,23)13-6-4-3-5-7-13/h3-7,11H,8-10H2,1-2H3. The number of hydrogen-bond acceptors (Lipinski definition) is 7. The molecule has 0 spiro atoms. The molecule has 3 rings (SSSR count). The van der Waals surface area contributed by atoms with Gasteiger partial charge in [0.2, 0.25) is 9.84 Å². The first-order valence-corrected chi connectivity index (χ1v) is 9.27. The fourth-order valence-corrected chi connectivity index (χ4v) is 4.76. The van der Waals surface area contributed by atoms with Crippen LogP contribution in [0.4, 0.5) is 10.3 Å². The van der Waals surface area contributed by atoms with Crippen LogP contribution < -0.4 is 4.90 Å². The number of halogens is 1. The molecule has 1 aliphatic rings. The van der Waals surface area contributed by atoms with Crippen LogP contribution in [0.2, 0.25) is 0 Å². The van der Waals surface area contributed by atoms with E-state index in [0.717, 1.165) is 0 Å². The molecule has 25 heavy (non-hydrogen) atoms. The number of rotatable bonds is 5. The van der Waals surface area contributed by atoms with E-state index in [4.69, 9.17) is 4.52 Å². The molecular formula is C16H18FN3O4S. The van der Waals surface area contributed by atoms with Crippen molar-refractivity contribution in [1.29, 1.82) is 0 Å². The van der Waals surface area contributed by atoms with E-state index in [1.807, 2.05) is 0 Å². The number of aromatic nitrogens is 2. The Balaban J connectivity index is 2.17. The number of carbonyl (C=O) groups excluding carboxylic acids is 1. The summed E-state index contributed by atoms with van der Waals surface area (Å²) in [4.78, 5) is 16.9. The number of carbonyl (C=O) groups is 1. The van der Waals surface area contributed by atoms with Crippen molar-refractivity contribution < 1.29 is 22.1 Å². The third kappa shape index (κ3) is 2.82. The van der Waals surface area contributed by atoms with Crippen molar-refractivity contribution in [3.8, 4) is 0 Å². The third-order valence-corrected chi connectivity index (χ3v) is 6.51. The van der Waals surface area contributed by atoms with Gasteiger partial charge in [0.15, 0.2) is 0 Å². The molecule has 0 aliphatic heterocycles. The van der Waals surface area contributed by atoms with Gasteiger partial charge in [-0.1, -0.05) is 18.2 Å². The van der Waals surface area contributed by atoms with Gasteiger partial charge in [-0.2, -0.15) is 4.98 Å². The summed E-state index contributed by atoms with van der Waals surface area (Å²) in [6, 6.07) is 7.26. The maximum absolute atomic E-state index is 16.2. The molecule has 1 aliphatic carbocycles. The Labute approximate surface area is 144 Å². The molecule has 0 bridgehead atoms. The normalized spacial score (nSPS) is 20.4. The van der Waals surface area contributed by atoms with E-state index in [2.05, 4.69) is 10.1 Å². The van der Waals surface area contributed by atoms with Crippen LogP contribution in [-0.4, -0.2) is 38.4 Å². The van der Waals surface area contributed by atoms with Crippen LogP contribution in [0, 0.1) is 5.92 Å². The molecular weight excluding hydrogens is 349 g/mol. The smallest absolute Gasteiger partial charge is 0.295 e. The van der Waals surface area contributed by atoms with E-state index in [0.29, 0.717) is 0 Å². The molecule has 2 unspecified atom stereocenters. The number of Topliss-reactive ketones (excluding diaryl/α,β-unsaturated/α-hetero) is 1. The summed E-state index contributed by atoms with van der Waals surface area (Å²) in [6.45, 7) is 0. The van der Waals surface area contributed by atoms with Gasteiger partial charge >= 0.3 is 0 Å². The monoisotopic (exact) mass is 367 g/mol. The first kappa shape index (κ1) is 17.5. The van der Waals surface area contributed by atoms with Gasteiger partial charge in [0.05, 0.1) is 4.90 Å². The lowest BCUT2D eigenvalue weighted by atomic mass is 10.0. The minimum absolute atomic E-state index is 0.0598. The van der Waals surface area contributed by atoms with Crippen molar-refractivity contribution in [2.75, 3.05) is 19.0 Å². The lowest BCUT2D eigenvalue weighted by Gasteiger charge is -2.27. The Bertz CT molecular complexity index is 882. The van der Waals surface area contributed by atoms with E-state index in [9.17, 15) is 13.2 Å². The van der Waals surface area contributed by atoms with Gasteiger partial charge < -0.3 is 9.42 Å². The fourth-order valence-electron chi connectivity index (χ4n) is 2.95. The van der Waals surface area contributed by atoms with Crippen molar-refractivity contribution in [3.05, 3.63) is 36.2 Å². The lowest BCUT2D eigenvalue weighted by Crippen LogP contribution is -2.38. The van der Waals surface area contributed by atoms with Gasteiger partial charge in [0, 0.05) is 32.9 Å². The molecule has 9 heteroatoms. The van der Waals surface area contributed by atoms with Crippen LogP contribution in [0.1, 0.15) is 25.2 Å². The molecule has 0 N–H and O–H groups in total. The largest absolute Gasteiger partial charge is 0.344 e. The van der Waals surface area contributed by atoms with Gasteiger partial charge in [-0.25, -0.2) is 12.8 Å². The summed E-state index contributed by atoms with van der Waals surface area (Å²) in [7, 11) is -1.26. The molecule has 2 aromatic rings. The minimum Gasteiger partial charge on any atom is -0.344 e. The Morgan fingerprint density at radius 3 is 2.48 bits per heavy atom. The zero-order valence-corrected chi connectivity index (χ0v) is 14.7. The Morgan fingerprint density at radius 1 is 1.28 bits per heavy atom. The number of alkyl halides is 1. The number of hydrogen-bond donors (Lipinski definition) is 0. The van der Waals surface area contributed by atoms with Crippen molar-refractivity contribution in [2.45, 2.75) is 29.2 Å². The van der Waals surface area contributed by atoms with E-state index >= 15 is 4.39 Å². The Morgan fingerprint density at radius 2 is 1.96 bits per heavy atom. The molecule has 0 amide bonds. The predicted octanol–water partition coefficient (Wildman–Crippen LogP) is 2.10. The van der Waals surface area contributed by atoms with Crippen LogP contribution in [0.5, 0.6) is 0 Å². The number of ketones is 1. The summed E-state index contributed by atoms with van der Waals surface area (Å²) in [5.41, 5.74) is 0. The molecule has 2 atom stereocenters. The number of anilines is 1. The minimum atomic E-state index is -4.51. The molecule has 1 heterocycles. The Hall–Kier alpha value is -2.29. The highest BCUT2D eigenvalue weighted by atomic mass is 32.2. The highest BCUT2D eigenvalue weighted by Gasteiger charge is 2.59. The quantitative estimate of drug-likeness (QED) is 0.799. The number of sulfone groups is 1. The first-order chi connectivity index (χ1) is 11.8.